The Labute approximate surface area is 83.3 Å². The molecule has 1 aliphatic carbocycles. The first-order valence-electron chi connectivity index (χ1n) is 5.88. The van der Waals surface area contributed by atoms with Crippen molar-refractivity contribution in [3.05, 3.63) is 0 Å². The highest BCUT2D eigenvalue weighted by atomic mass is 14.8. The van der Waals surface area contributed by atoms with Crippen LogP contribution in [0.1, 0.15) is 46.0 Å². The highest BCUT2D eigenvalue weighted by Crippen LogP contribution is 2.34. The van der Waals surface area contributed by atoms with E-state index in [1.54, 1.807) is 0 Å². The summed E-state index contributed by atoms with van der Waals surface area (Å²) in [4.78, 5) is 0. The van der Waals surface area contributed by atoms with E-state index in [0.29, 0.717) is 0 Å². The van der Waals surface area contributed by atoms with E-state index in [-0.39, 0.29) is 0 Å². The Balaban J connectivity index is 2.35. The van der Waals surface area contributed by atoms with Crippen molar-refractivity contribution < 1.29 is 0 Å². The van der Waals surface area contributed by atoms with Gasteiger partial charge in [-0.3, -0.25) is 0 Å². The fourth-order valence-electron chi connectivity index (χ4n) is 2.74. The molecule has 1 heteroatoms. The van der Waals surface area contributed by atoms with Gasteiger partial charge in [0.2, 0.25) is 0 Å². The van der Waals surface area contributed by atoms with Gasteiger partial charge < -0.3 is 5.32 Å². The molecule has 1 unspecified atom stereocenters. The van der Waals surface area contributed by atoms with Crippen LogP contribution in [-0.4, -0.2) is 13.6 Å². The first-order chi connectivity index (χ1) is 6.24. The lowest BCUT2D eigenvalue weighted by molar-refractivity contribution is 0.279. The van der Waals surface area contributed by atoms with Gasteiger partial charge in [0, 0.05) is 0 Å². The van der Waals surface area contributed by atoms with Gasteiger partial charge >= 0.3 is 0 Å². The molecule has 0 bridgehead atoms. The summed E-state index contributed by atoms with van der Waals surface area (Å²) in [6.07, 6.45) is 7.33. The van der Waals surface area contributed by atoms with Gasteiger partial charge in [-0.15, -0.1) is 0 Å². The van der Waals surface area contributed by atoms with Gasteiger partial charge in [-0.1, -0.05) is 39.5 Å². The normalized spacial score (nSPS) is 21.2. The van der Waals surface area contributed by atoms with E-state index >= 15 is 0 Å². The summed E-state index contributed by atoms with van der Waals surface area (Å²) in [7, 11) is 2.09. The summed E-state index contributed by atoms with van der Waals surface area (Å²) >= 11 is 0. The molecule has 0 amide bonds. The van der Waals surface area contributed by atoms with Crippen LogP contribution in [0.25, 0.3) is 0 Å². The van der Waals surface area contributed by atoms with Crippen LogP contribution in [0.5, 0.6) is 0 Å². The maximum Gasteiger partial charge on any atom is -0.00208 e. The SMILES string of the molecule is CNCC(CC(C)C)C1CCCC1. The zero-order valence-electron chi connectivity index (χ0n) is 9.47. The second kappa shape index (κ2) is 5.64. The molecule has 0 saturated heterocycles. The summed E-state index contributed by atoms with van der Waals surface area (Å²) in [6.45, 7) is 5.91. The molecule has 0 heterocycles. The van der Waals surface area contributed by atoms with Crippen LogP contribution in [0.2, 0.25) is 0 Å². The molecule has 1 fully saturated rings. The summed E-state index contributed by atoms with van der Waals surface area (Å²) in [5.41, 5.74) is 0. The van der Waals surface area contributed by atoms with Gasteiger partial charge in [0.1, 0.15) is 0 Å². The fourth-order valence-corrected chi connectivity index (χ4v) is 2.74. The number of rotatable bonds is 5. The van der Waals surface area contributed by atoms with Crippen LogP contribution < -0.4 is 5.32 Å². The van der Waals surface area contributed by atoms with Gasteiger partial charge in [0.25, 0.3) is 0 Å². The average molecular weight is 183 g/mol. The Hall–Kier alpha value is -0.0400. The molecule has 1 nitrogen and oxygen atoms in total. The summed E-state index contributed by atoms with van der Waals surface area (Å²) in [5, 5.41) is 3.35. The van der Waals surface area contributed by atoms with E-state index in [4.69, 9.17) is 0 Å². The lowest BCUT2D eigenvalue weighted by Gasteiger charge is -2.24. The molecular formula is C12H25N. The van der Waals surface area contributed by atoms with E-state index in [9.17, 15) is 0 Å². The molecular weight excluding hydrogens is 158 g/mol. The Morgan fingerprint density at radius 2 is 1.85 bits per heavy atom. The number of nitrogens with one attached hydrogen (secondary N) is 1. The van der Waals surface area contributed by atoms with E-state index in [0.717, 1.165) is 17.8 Å². The van der Waals surface area contributed by atoms with Crippen molar-refractivity contribution in [3.8, 4) is 0 Å². The molecule has 1 aliphatic rings. The average Bonchev–Trinajstić information content (AvgIpc) is 2.54. The van der Waals surface area contributed by atoms with E-state index in [1.165, 1.54) is 38.6 Å². The minimum Gasteiger partial charge on any atom is -0.319 e. The first kappa shape index (κ1) is 11.0. The topological polar surface area (TPSA) is 12.0 Å². The molecule has 1 N–H and O–H groups in total. The fraction of sp³-hybridized carbons (Fsp3) is 1.00. The predicted octanol–water partition coefficient (Wildman–Crippen LogP) is 3.06. The lowest BCUT2D eigenvalue weighted by atomic mass is 9.84. The predicted molar refractivity (Wildman–Crippen MR) is 58.8 cm³/mol. The molecule has 0 spiro atoms. The second-order valence-electron chi connectivity index (χ2n) is 4.99. The molecule has 1 atom stereocenters. The summed E-state index contributed by atoms with van der Waals surface area (Å²) in [6, 6.07) is 0. The molecule has 13 heavy (non-hydrogen) atoms. The maximum absolute atomic E-state index is 3.35. The van der Waals surface area contributed by atoms with Crippen molar-refractivity contribution in [1.29, 1.82) is 0 Å². The number of hydrogen-bond donors (Lipinski definition) is 1. The maximum atomic E-state index is 3.35. The highest BCUT2D eigenvalue weighted by Gasteiger charge is 2.24. The van der Waals surface area contributed by atoms with Crippen LogP contribution >= 0.6 is 0 Å². The Morgan fingerprint density at radius 1 is 1.23 bits per heavy atom. The van der Waals surface area contributed by atoms with Crippen LogP contribution in [0.3, 0.4) is 0 Å². The third kappa shape index (κ3) is 3.68. The smallest absolute Gasteiger partial charge is 0.00208 e. The van der Waals surface area contributed by atoms with Crippen molar-refractivity contribution in [2.45, 2.75) is 46.0 Å². The largest absolute Gasteiger partial charge is 0.319 e. The van der Waals surface area contributed by atoms with Gasteiger partial charge in [-0.25, -0.2) is 0 Å². The lowest BCUT2D eigenvalue weighted by Crippen LogP contribution is -2.26. The van der Waals surface area contributed by atoms with Gasteiger partial charge in [-0.2, -0.15) is 0 Å². The molecule has 1 saturated carbocycles. The zero-order chi connectivity index (χ0) is 9.68. The Kier molecular flexibility index (Phi) is 4.79. The second-order valence-corrected chi connectivity index (χ2v) is 4.99. The molecule has 0 aromatic rings. The summed E-state index contributed by atoms with van der Waals surface area (Å²) < 4.78 is 0. The van der Waals surface area contributed by atoms with Crippen LogP contribution in [0, 0.1) is 17.8 Å². The Morgan fingerprint density at radius 3 is 2.31 bits per heavy atom. The minimum atomic E-state index is 0.860. The quantitative estimate of drug-likeness (QED) is 0.691. The monoisotopic (exact) mass is 183 g/mol. The van der Waals surface area contributed by atoms with Crippen molar-refractivity contribution in [2.24, 2.45) is 17.8 Å². The zero-order valence-corrected chi connectivity index (χ0v) is 9.47. The van der Waals surface area contributed by atoms with E-state index in [2.05, 4.69) is 26.2 Å². The minimum absolute atomic E-state index is 0.860. The molecule has 78 valence electrons. The van der Waals surface area contributed by atoms with Gasteiger partial charge in [0.15, 0.2) is 0 Å². The molecule has 0 radical (unpaired) electrons. The van der Waals surface area contributed by atoms with Crippen LogP contribution in [0.15, 0.2) is 0 Å². The van der Waals surface area contributed by atoms with Gasteiger partial charge in [-0.05, 0) is 37.8 Å². The first-order valence-corrected chi connectivity index (χ1v) is 5.88. The standard InChI is InChI=1S/C12H25N/c1-10(2)8-12(9-13-3)11-6-4-5-7-11/h10-13H,4-9H2,1-3H3. The van der Waals surface area contributed by atoms with Crippen molar-refractivity contribution >= 4 is 0 Å². The highest BCUT2D eigenvalue weighted by molar-refractivity contribution is 4.77. The van der Waals surface area contributed by atoms with Crippen LogP contribution in [0.4, 0.5) is 0 Å². The Bertz CT molecular complexity index is 125. The molecule has 1 rings (SSSR count). The molecule has 0 aliphatic heterocycles. The van der Waals surface area contributed by atoms with E-state index in [1.807, 2.05) is 0 Å². The van der Waals surface area contributed by atoms with Crippen molar-refractivity contribution in [2.75, 3.05) is 13.6 Å². The third-order valence-electron chi connectivity index (χ3n) is 3.31. The van der Waals surface area contributed by atoms with Crippen molar-refractivity contribution in [3.63, 3.8) is 0 Å². The van der Waals surface area contributed by atoms with Gasteiger partial charge in [0.05, 0.1) is 0 Å². The summed E-state index contributed by atoms with van der Waals surface area (Å²) in [5.74, 6) is 2.82. The number of hydrogen-bond acceptors (Lipinski definition) is 1. The third-order valence-corrected chi connectivity index (χ3v) is 3.31. The van der Waals surface area contributed by atoms with E-state index < -0.39 is 0 Å². The molecule has 0 aromatic carbocycles. The van der Waals surface area contributed by atoms with Crippen molar-refractivity contribution in [1.82, 2.24) is 5.32 Å². The molecule has 0 aromatic heterocycles. The van der Waals surface area contributed by atoms with Crippen LogP contribution in [-0.2, 0) is 0 Å².